The van der Waals surface area contributed by atoms with Gasteiger partial charge in [0.25, 0.3) is 5.91 Å². The van der Waals surface area contributed by atoms with Crippen molar-refractivity contribution in [2.45, 2.75) is 32.7 Å². The third kappa shape index (κ3) is 4.20. The van der Waals surface area contributed by atoms with E-state index in [2.05, 4.69) is 6.92 Å². The van der Waals surface area contributed by atoms with Crippen LogP contribution in [-0.2, 0) is 0 Å². The number of benzene rings is 2. The second kappa shape index (κ2) is 8.74. The lowest BCUT2D eigenvalue weighted by molar-refractivity contribution is 0.0975. The SMILES string of the molecule is CCOc1c(Cl)cc(C(=O)N(c2ccc(OC)cc2)C(C)C2CC2)cc1OC. The van der Waals surface area contributed by atoms with E-state index in [4.69, 9.17) is 25.8 Å². The number of rotatable bonds is 8. The van der Waals surface area contributed by atoms with Crippen LogP contribution in [0.2, 0.25) is 5.02 Å². The van der Waals surface area contributed by atoms with Crippen LogP contribution in [0.5, 0.6) is 17.2 Å². The quantitative estimate of drug-likeness (QED) is 0.607. The van der Waals surface area contributed by atoms with Gasteiger partial charge in [-0.25, -0.2) is 0 Å². The zero-order valence-electron chi connectivity index (χ0n) is 16.7. The van der Waals surface area contributed by atoms with Gasteiger partial charge in [-0.1, -0.05) is 11.6 Å². The fourth-order valence-corrected chi connectivity index (χ4v) is 3.60. The van der Waals surface area contributed by atoms with Gasteiger partial charge in [0.15, 0.2) is 11.5 Å². The van der Waals surface area contributed by atoms with Crippen LogP contribution in [0, 0.1) is 5.92 Å². The molecule has 150 valence electrons. The number of halogens is 1. The molecule has 0 aliphatic heterocycles. The summed E-state index contributed by atoms with van der Waals surface area (Å²) in [6, 6.07) is 11.0. The second-order valence-electron chi connectivity index (χ2n) is 6.87. The van der Waals surface area contributed by atoms with Crippen LogP contribution >= 0.6 is 11.6 Å². The number of nitrogens with zero attached hydrogens (tertiary/aromatic N) is 1. The smallest absolute Gasteiger partial charge is 0.258 e. The Kier molecular flexibility index (Phi) is 6.35. The highest BCUT2D eigenvalue weighted by Crippen LogP contribution is 2.40. The van der Waals surface area contributed by atoms with Crippen molar-refractivity contribution in [3.63, 3.8) is 0 Å². The van der Waals surface area contributed by atoms with E-state index in [0.717, 1.165) is 24.3 Å². The first-order valence-electron chi connectivity index (χ1n) is 9.48. The lowest BCUT2D eigenvalue weighted by Gasteiger charge is -2.30. The molecule has 0 heterocycles. The third-order valence-electron chi connectivity index (χ3n) is 5.05. The van der Waals surface area contributed by atoms with Gasteiger partial charge in [-0.3, -0.25) is 4.79 Å². The van der Waals surface area contributed by atoms with Crippen LogP contribution in [-0.4, -0.2) is 32.8 Å². The van der Waals surface area contributed by atoms with E-state index in [1.54, 1.807) is 19.2 Å². The van der Waals surface area contributed by atoms with Gasteiger partial charge in [-0.2, -0.15) is 0 Å². The molecule has 28 heavy (non-hydrogen) atoms. The molecule has 1 amide bonds. The van der Waals surface area contributed by atoms with E-state index in [1.165, 1.54) is 7.11 Å². The largest absolute Gasteiger partial charge is 0.497 e. The molecule has 1 unspecified atom stereocenters. The summed E-state index contributed by atoms with van der Waals surface area (Å²) in [5.41, 5.74) is 1.29. The Hall–Kier alpha value is -2.40. The molecule has 0 saturated heterocycles. The van der Waals surface area contributed by atoms with Crippen LogP contribution in [0.3, 0.4) is 0 Å². The molecule has 0 N–H and O–H groups in total. The van der Waals surface area contributed by atoms with Crippen LogP contribution in [0.4, 0.5) is 5.69 Å². The predicted molar refractivity (Wildman–Crippen MR) is 111 cm³/mol. The van der Waals surface area contributed by atoms with Crippen LogP contribution in [0.25, 0.3) is 0 Å². The molecular weight excluding hydrogens is 378 g/mol. The van der Waals surface area contributed by atoms with Gasteiger partial charge in [-0.05, 0) is 69.0 Å². The Bertz CT molecular complexity index is 833. The second-order valence-corrected chi connectivity index (χ2v) is 7.28. The van der Waals surface area contributed by atoms with Crippen molar-refractivity contribution in [2.75, 3.05) is 25.7 Å². The van der Waals surface area contributed by atoms with Crippen LogP contribution in [0.15, 0.2) is 36.4 Å². The highest BCUT2D eigenvalue weighted by atomic mass is 35.5. The fourth-order valence-electron chi connectivity index (χ4n) is 3.34. The molecule has 0 spiro atoms. The zero-order chi connectivity index (χ0) is 20.3. The Balaban J connectivity index is 2.00. The average Bonchev–Trinajstić information content (AvgIpc) is 3.55. The fraction of sp³-hybridized carbons (Fsp3) is 0.409. The van der Waals surface area contributed by atoms with Gasteiger partial charge >= 0.3 is 0 Å². The van der Waals surface area contributed by atoms with Crippen molar-refractivity contribution >= 4 is 23.2 Å². The molecule has 0 bridgehead atoms. The first-order valence-corrected chi connectivity index (χ1v) is 9.85. The van der Waals surface area contributed by atoms with Crippen LogP contribution in [0.1, 0.15) is 37.0 Å². The summed E-state index contributed by atoms with van der Waals surface area (Å²) < 4.78 is 16.2. The Morgan fingerprint density at radius 3 is 2.39 bits per heavy atom. The summed E-state index contributed by atoms with van der Waals surface area (Å²) in [5.74, 6) is 2.04. The Morgan fingerprint density at radius 2 is 1.86 bits per heavy atom. The number of methoxy groups -OCH3 is 2. The molecule has 3 rings (SSSR count). The molecule has 1 aliphatic carbocycles. The number of hydrogen-bond acceptors (Lipinski definition) is 4. The number of hydrogen-bond donors (Lipinski definition) is 0. The topological polar surface area (TPSA) is 48.0 Å². The summed E-state index contributed by atoms with van der Waals surface area (Å²) in [7, 11) is 3.16. The molecule has 0 aromatic heterocycles. The van der Waals surface area contributed by atoms with Crippen molar-refractivity contribution in [2.24, 2.45) is 5.92 Å². The Labute approximate surface area is 171 Å². The van der Waals surface area contributed by atoms with E-state index in [-0.39, 0.29) is 11.9 Å². The van der Waals surface area contributed by atoms with Gasteiger partial charge < -0.3 is 19.1 Å². The molecule has 5 nitrogen and oxygen atoms in total. The number of carbonyl (C=O) groups excluding carboxylic acids is 1. The van der Waals surface area contributed by atoms with Gasteiger partial charge in [0.1, 0.15) is 5.75 Å². The van der Waals surface area contributed by atoms with Gasteiger partial charge in [0, 0.05) is 17.3 Å². The molecule has 1 saturated carbocycles. The van der Waals surface area contributed by atoms with Crippen LogP contribution < -0.4 is 19.1 Å². The highest BCUT2D eigenvalue weighted by Gasteiger charge is 2.36. The first kappa shape index (κ1) is 20.3. The van der Waals surface area contributed by atoms with E-state index >= 15 is 0 Å². The normalized spacial score (nSPS) is 14.3. The molecule has 0 radical (unpaired) electrons. The molecule has 1 fully saturated rings. The van der Waals surface area contributed by atoms with Gasteiger partial charge in [-0.15, -0.1) is 0 Å². The maximum Gasteiger partial charge on any atom is 0.258 e. The number of amides is 1. The van der Waals surface area contributed by atoms with E-state index in [0.29, 0.717) is 34.6 Å². The van der Waals surface area contributed by atoms with Crippen molar-refractivity contribution in [1.29, 1.82) is 0 Å². The van der Waals surface area contributed by atoms with E-state index < -0.39 is 0 Å². The minimum Gasteiger partial charge on any atom is -0.497 e. The summed E-state index contributed by atoms with van der Waals surface area (Å²) in [6.07, 6.45) is 2.27. The minimum absolute atomic E-state index is 0.0808. The minimum atomic E-state index is -0.118. The maximum absolute atomic E-state index is 13.5. The number of carbonyl (C=O) groups is 1. The van der Waals surface area contributed by atoms with Gasteiger partial charge in [0.05, 0.1) is 25.8 Å². The molecular formula is C22H26ClNO4. The monoisotopic (exact) mass is 403 g/mol. The molecule has 2 aromatic rings. The first-order chi connectivity index (χ1) is 13.5. The molecule has 1 atom stereocenters. The van der Waals surface area contributed by atoms with E-state index in [1.807, 2.05) is 36.1 Å². The zero-order valence-corrected chi connectivity index (χ0v) is 17.5. The summed E-state index contributed by atoms with van der Waals surface area (Å²) >= 11 is 6.39. The molecule has 2 aromatic carbocycles. The predicted octanol–water partition coefficient (Wildman–Crippen LogP) is 5.20. The third-order valence-corrected chi connectivity index (χ3v) is 5.33. The maximum atomic E-state index is 13.5. The van der Waals surface area contributed by atoms with Crippen molar-refractivity contribution in [1.82, 2.24) is 0 Å². The van der Waals surface area contributed by atoms with Crippen molar-refractivity contribution in [3.05, 3.63) is 47.0 Å². The highest BCUT2D eigenvalue weighted by molar-refractivity contribution is 6.32. The number of anilines is 1. The van der Waals surface area contributed by atoms with Crippen molar-refractivity contribution in [3.8, 4) is 17.2 Å². The summed E-state index contributed by atoms with van der Waals surface area (Å²) in [5, 5.41) is 0.360. The number of ether oxygens (including phenoxy) is 3. The average molecular weight is 404 g/mol. The lowest BCUT2D eigenvalue weighted by Crippen LogP contribution is -2.40. The molecule has 6 heteroatoms. The summed E-state index contributed by atoms with van der Waals surface area (Å²) in [4.78, 5) is 15.3. The van der Waals surface area contributed by atoms with Gasteiger partial charge in [0.2, 0.25) is 0 Å². The lowest BCUT2D eigenvalue weighted by atomic mass is 10.1. The Morgan fingerprint density at radius 1 is 1.18 bits per heavy atom. The van der Waals surface area contributed by atoms with E-state index in [9.17, 15) is 4.79 Å². The summed E-state index contributed by atoms with van der Waals surface area (Å²) in [6.45, 7) is 4.42. The van der Waals surface area contributed by atoms with Crippen molar-refractivity contribution < 1.29 is 19.0 Å². The standard InChI is InChI=1S/C22H26ClNO4/c1-5-28-21-19(23)12-16(13-20(21)27-4)22(25)24(14(2)15-6-7-15)17-8-10-18(26-3)11-9-17/h8-15H,5-7H2,1-4H3. The molecule has 1 aliphatic rings.